The molecule has 0 saturated carbocycles. The van der Waals surface area contributed by atoms with Crippen LogP contribution in [-0.2, 0) is 0 Å². The molecule has 0 spiro atoms. The molecular weight excluding hydrogens is 263 g/mol. The third-order valence-corrected chi connectivity index (χ3v) is 2.95. The predicted octanol–water partition coefficient (Wildman–Crippen LogP) is 2.19. The van der Waals surface area contributed by atoms with E-state index in [2.05, 4.69) is 15.1 Å². The van der Waals surface area contributed by atoms with E-state index in [4.69, 9.17) is 23.2 Å². The van der Waals surface area contributed by atoms with Crippen LogP contribution in [0.5, 0.6) is 0 Å². The molecule has 17 heavy (non-hydrogen) atoms. The van der Waals surface area contributed by atoms with Gasteiger partial charge in [0.2, 0.25) is 0 Å². The Labute approximate surface area is 105 Å². The van der Waals surface area contributed by atoms with E-state index < -0.39 is 0 Å². The molecule has 0 amide bonds. The number of aromatic amines is 1. The average molecular weight is 269 g/mol. The number of aryl methyl sites for hydroxylation is 1. The quantitative estimate of drug-likeness (QED) is 0.680. The fraction of sp³-hybridized carbons (Fsp3) is 0.100. The Balaban J connectivity index is 2.67. The second-order valence-corrected chi connectivity index (χ2v) is 4.48. The lowest BCUT2D eigenvalue weighted by atomic mass is 10.2. The SMILES string of the molecule is Cc1nc2c3cc(Cl)cc(Cl)c3[nH]c(=O)n2n1. The molecule has 1 N–H and O–H groups in total. The van der Waals surface area contributed by atoms with Crippen molar-refractivity contribution in [1.82, 2.24) is 19.6 Å². The summed E-state index contributed by atoms with van der Waals surface area (Å²) in [6.45, 7) is 1.71. The molecule has 2 heterocycles. The standard InChI is InChI=1S/C10H6Cl2N4O/c1-4-13-9-6-2-5(11)3-7(12)8(6)14-10(17)16(9)15-4/h2-3H,1H3,(H,14,17). The monoisotopic (exact) mass is 268 g/mol. The van der Waals surface area contributed by atoms with Gasteiger partial charge in [-0.1, -0.05) is 23.2 Å². The van der Waals surface area contributed by atoms with E-state index in [9.17, 15) is 4.79 Å². The van der Waals surface area contributed by atoms with E-state index in [1.54, 1.807) is 19.1 Å². The number of benzene rings is 1. The first kappa shape index (κ1) is 10.6. The molecule has 0 atom stereocenters. The second kappa shape index (κ2) is 3.45. The zero-order chi connectivity index (χ0) is 12.2. The Kier molecular flexibility index (Phi) is 2.14. The van der Waals surface area contributed by atoms with Crippen molar-refractivity contribution in [3.63, 3.8) is 0 Å². The molecule has 0 aliphatic carbocycles. The summed E-state index contributed by atoms with van der Waals surface area (Å²) in [5, 5.41) is 5.53. The Morgan fingerprint density at radius 1 is 1.35 bits per heavy atom. The summed E-state index contributed by atoms with van der Waals surface area (Å²) < 4.78 is 1.20. The molecule has 0 aliphatic heterocycles. The van der Waals surface area contributed by atoms with Crippen molar-refractivity contribution in [3.05, 3.63) is 38.5 Å². The second-order valence-electron chi connectivity index (χ2n) is 3.63. The Hall–Kier alpha value is -1.59. The molecule has 5 nitrogen and oxygen atoms in total. The van der Waals surface area contributed by atoms with Gasteiger partial charge in [-0.3, -0.25) is 0 Å². The highest BCUT2D eigenvalue weighted by Crippen LogP contribution is 2.27. The lowest BCUT2D eigenvalue weighted by molar-refractivity contribution is 0.863. The number of H-pyrrole nitrogens is 1. The van der Waals surface area contributed by atoms with Crippen LogP contribution in [0.2, 0.25) is 10.0 Å². The normalized spacial score (nSPS) is 11.5. The van der Waals surface area contributed by atoms with Crippen LogP contribution in [0.1, 0.15) is 5.82 Å². The van der Waals surface area contributed by atoms with Crippen LogP contribution in [0.15, 0.2) is 16.9 Å². The van der Waals surface area contributed by atoms with Crippen molar-refractivity contribution in [3.8, 4) is 0 Å². The van der Waals surface area contributed by atoms with E-state index in [1.807, 2.05) is 0 Å². The van der Waals surface area contributed by atoms with Crippen LogP contribution in [0.3, 0.4) is 0 Å². The summed E-state index contributed by atoms with van der Waals surface area (Å²) in [7, 11) is 0. The van der Waals surface area contributed by atoms with Gasteiger partial charge in [0.05, 0.1) is 10.5 Å². The lowest BCUT2D eigenvalue weighted by Crippen LogP contribution is -2.17. The van der Waals surface area contributed by atoms with Gasteiger partial charge in [-0.05, 0) is 19.1 Å². The topological polar surface area (TPSA) is 63.0 Å². The largest absolute Gasteiger partial charge is 0.348 e. The van der Waals surface area contributed by atoms with Crippen molar-refractivity contribution in [2.45, 2.75) is 6.92 Å². The summed E-state index contributed by atoms with van der Waals surface area (Å²) in [5.41, 5.74) is 0.587. The van der Waals surface area contributed by atoms with Gasteiger partial charge >= 0.3 is 5.69 Å². The van der Waals surface area contributed by atoms with Crippen LogP contribution in [0, 0.1) is 6.92 Å². The van der Waals surface area contributed by atoms with Gasteiger partial charge < -0.3 is 4.98 Å². The van der Waals surface area contributed by atoms with Crippen molar-refractivity contribution >= 4 is 39.8 Å². The number of rotatable bonds is 0. The van der Waals surface area contributed by atoms with Crippen LogP contribution >= 0.6 is 23.2 Å². The highest BCUT2D eigenvalue weighted by Gasteiger charge is 2.11. The molecule has 1 aromatic carbocycles. The smallest absolute Gasteiger partial charge is 0.304 e. The summed E-state index contributed by atoms with van der Waals surface area (Å²) in [6, 6.07) is 3.27. The number of aromatic nitrogens is 4. The average Bonchev–Trinajstić information content (AvgIpc) is 2.63. The molecule has 0 fully saturated rings. The van der Waals surface area contributed by atoms with Crippen LogP contribution in [-0.4, -0.2) is 19.6 Å². The third-order valence-electron chi connectivity index (χ3n) is 2.43. The zero-order valence-electron chi connectivity index (χ0n) is 8.66. The van der Waals surface area contributed by atoms with Gasteiger partial charge in [0.15, 0.2) is 5.65 Å². The lowest BCUT2D eigenvalue weighted by Gasteiger charge is -2.02. The third kappa shape index (κ3) is 1.50. The highest BCUT2D eigenvalue weighted by molar-refractivity contribution is 6.38. The Morgan fingerprint density at radius 2 is 2.12 bits per heavy atom. The molecule has 0 bridgehead atoms. The van der Waals surface area contributed by atoms with Crippen LogP contribution in [0.25, 0.3) is 16.6 Å². The first-order valence-electron chi connectivity index (χ1n) is 4.80. The summed E-state index contributed by atoms with van der Waals surface area (Å²) >= 11 is 12.0. The number of hydrogen-bond donors (Lipinski definition) is 1. The molecule has 0 aliphatic rings. The number of hydrogen-bond acceptors (Lipinski definition) is 3. The predicted molar refractivity (Wildman–Crippen MR) is 65.9 cm³/mol. The van der Waals surface area contributed by atoms with E-state index in [1.165, 1.54) is 4.52 Å². The molecule has 86 valence electrons. The molecule has 7 heteroatoms. The molecule has 3 aromatic rings. The summed E-state index contributed by atoms with van der Waals surface area (Å²) in [4.78, 5) is 18.6. The van der Waals surface area contributed by atoms with Crippen LogP contribution < -0.4 is 5.69 Å². The Bertz CT molecular complexity index is 805. The van der Waals surface area contributed by atoms with E-state index in [0.29, 0.717) is 32.4 Å². The van der Waals surface area contributed by atoms with Gasteiger partial charge in [-0.15, -0.1) is 5.10 Å². The van der Waals surface area contributed by atoms with Gasteiger partial charge in [0, 0.05) is 10.4 Å². The minimum Gasteiger partial charge on any atom is -0.304 e. The van der Waals surface area contributed by atoms with Gasteiger partial charge in [-0.25, -0.2) is 9.78 Å². The van der Waals surface area contributed by atoms with E-state index in [0.717, 1.165) is 0 Å². The fourth-order valence-corrected chi connectivity index (χ4v) is 2.31. The zero-order valence-corrected chi connectivity index (χ0v) is 10.2. The van der Waals surface area contributed by atoms with E-state index in [-0.39, 0.29) is 5.69 Å². The van der Waals surface area contributed by atoms with Crippen LogP contribution in [0.4, 0.5) is 0 Å². The number of nitrogens with one attached hydrogen (secondary N) is 1. The summed E-state index contributed by atoms with van der Waals surface area (Å²) in [5.74, 6) is 0.513. The Morgan fingerprint density at radius 3 is 2.88 bits per heavy atom. The first-order chi connectivity index (χ1) is 8.06. The number of halogens is 2. The molecular formula is C10H6Cl2N4O. The molecule has 0 radical (unpaired) electrons. The highest BCUT2D eigenvalue weighted by atomic mass is 35.5. The van der Waals surface area contributed by atoms with Crippen molar-refractivity contribution < 1.29 is 0 Å². The molecule has 0 saturated heterocycles. The number of fused-ring (bicyclic) bond motifs is 3. The van der Waals surface area contributed by atoms with Crippen molar-refractivity contribution in [2.75, 3.05) is 0 Å². The maximum absolute atomic E-state index is 11.8. The minimum atomic E-state index is -0.377. The first-order valence-corrected chi connectivity index (χ1v) is 5.56. The maximum Gasteiger partial charge on any atom is 0.348 e. The molecule has 3 rings (SSSR count). The van der Waals surface area contributed by atoms with Crippen molar-refractivity contribution in [2.24, 2.45) is 0 Å². The maximum atomic E-state index is 11.8. The fourth-order valence-electron chi connectivity index (χ4n) is 1.77. The minimum absolute atomic E-state index is 0.377. The molecule has 2 aromatic heterocycles. The van der Waals surface area contributed by atoms with Gasteiger partial charge in [0.25, 0.3) is 0 Å². The van der Waals surface area contributed by atoms with Gasteiger partial charge in [-0.2, -0.15) is 4.52 Å². The number of nitrogens with zero attached hydrogens (tertiary/aromatic N) is 3. The summed E-state index contributed by atoms with van der Waals surface area (Å²) in [6.07, 6.45) is 0. The van der Waals surface area contributed by atoms with E-state index >= 15 is 0 Å². The van der Waals surface area contributed by atoms with Gasteiger partial charge in [0.1, 0.15) is 5.82 Å². The molecule has 0 unspecified atom stereocenters. The van der Waals surface area contributed by atoms with Crippen molar-refractivity contribution in [1.29, 1.82) is 0 Å².